The van der Waals surface area contributed by atoms with Gasteiger partial charge in [0.05, 0.1) is 28.9 Å². The zero-order valence-corrected chi connectivity index (χ0v) is 16.4. The number of aromatic nitrogens is 5. The molecule has 0 amide bonds. The van der Waals surface area contributed by atoms with Crippen molar-refractivity contribution in [2.45, 2.75) is 44.2 Å². The highest BCUT2D eigenvalue weighted by molar-refractivity contribution is 5.86. The van der Waals surface area contributed by atoms with Crippen molar-refractivity contribution in [2.24, 2.45) is 0 Å². The van der Waals surface area contributed by atoms with Crippen molar-refractivity contribution in [1.29, 1.82) is 0 Å². The first-order valence-electron chi connectivity index (χ1n) is 10.0. The van der Waals surface area contributed by atoms with Crippen LogP contribution < -0.4 is 5.32 Å². The van der Waals surface area contributed by atoms with Crippen LogP contribution in [-0.2, 0) is 4.74 Å². The van der Waals surface area contributed by atoms with Gasteiger partial charge in [0.25, 0.3) is 0 Å². The molecule has 0 spiro atoms. The molecule has 1 saturated carbocycles. The Bertz CT molecular complexity index is 1220. The normalized spacial score (nSPS) is 19.7. The minimum absolute atomic E-state index is 0.0135. The van der Waals surface area contributed by atoms with Crippen LogP contribution in [-0.4, -0.2) is 43.1 Å². The lowest BCUT2D eigenvalue weighted by Gasteiger charge is -2.29. The Morgan fingerprint density at radius 2 is 1.74 bits per heavy atom. The summed E-state index contributed by atoms with van der Waals surface area (Å²) in [5.41, 5.74) is 4.44. The number of ether oxygens (including phenoxy) is 1. The molecule has 3 heterocycles. The molecule has 1 aromatic carbocycles. The first-order chi connectivity index (χ1) is 14.9. The van der Waals surface area contributed by atoms with Crippen LogP contribution in [0.2, 0.25) is 0 Å². The van der Waals surface area contributed by atoms with E-state index >= 15 is 0 Å². The molecule has 1 aliphatic carbocycles. The minimum Gasteiger partial charge on any atom is -0.350 e. The molecule has 5 rings (SSSR count). The Hall–Kier alpha value is -3.27. The second kappa shape index (κ2) is 7.77. The molecule has 10 heteroatoms. The fraction of sp³-hybridized carbons (Fsp3) is 0.333. The van der Waals surface area contributed by atoms with Crippen LogP contribution >= 0.6 is 0 Å². The predicted molar refractivity (Wildman–Crippen MR) is 108 cm³/mol. The number of hydrogen-bond acceptors (Lipinski definition) is 6. The fourth-order valence-electron chi connectivity index (χ4n) is 4.04. The van der Waals surface area contributed by atoms with Gasteiger partial charge in [0.2, 0.25) is 5.95 Å². The molecule has 160 valence electrons. The molecule has 0 bridgehead atoms. The third-order valence-electron chi connectivity index (χ3n) is 5.50. The number of nitrogens with zero attached hydrogens (tertiary/aromatic N) is 5. The van der Waals surface area contributed by atoms with Gasteiger partial charge in [0.15, 0.2) is 0 Å². The van der Waals surface area contributed by atoms with E-state index in [4.69, 9.17) is 0 Å². The smallest absolute Gasteiger partial charge is 0.350 e. The molecule has 0 radical (unpaired) electrons. The third-order valence-corrected chi connectivity index (χ3v) is 5.50. The van der Waals surface area contributed by atoms with E-state index in [1.807, 2.05) is 30.5 Å². The fourth-order valence-corrected chi connectivity index (χ4v) is 4.04. The third kappa shape index (κ3) is 4.29. The first-order valence-corrected chi connectivity index (χ1v) is 10.0. The van der Waals surface area contributed by atoms with Gasteiger partial charge in [0, 0.05) is 30.2 Å². The second-order valence-corrected chi connectivity index (χ2v) is 7.58. The quantitative estimate of drug-likeness (QED) is 0.512. The van der Waals surface area contributed by atoms with E-state index in [-0.39, 0.29) is 6.04 Å². The maximum Gasteiger partial charge on any atom is 0.522 e. The van der Waals surface area contributed by atoms with Gasteiger partial charge in [-0.15, -0.1) is 18.3 Å². The van der Waals surface area contributed by atoms with E-state index in [9.17, 15) is 13.2 Å². The second-order valence-electron chi connectivity index (χ2n) is 7.58. The predicted octanol–water partition coefficient (Wildman–Crippen LogP) is 4.60. The van der Waals surface area contributed by atoms with Gasteiger partial charge in [-0.3, -0.25) is 14.7 Å². The summed E-state index contributed by atoms with van der Waals surface area (Å²) in [5, 5.41) is 7.74. The van der Waals surface area contributed by atoms with Gasteiger partial charge in [0.1, 0.15) is 0 Å². The maximum absolute atomic E-state index is 12.4. The van der Waals surface area contributed by atoms with E-state index in [2.05, 4.69) is 30.1 Å². The highest BCUT2D eigenvalue weighted by Crippen LogP contribution is 2.30. The highest BCUT2D eigenvalue weighted by Gasteiger charge is 2.35. The molecule has 1 aliphatic rings. The lowest BCUT2D eigenvalue weighted by Crippen LogP contribution is -2.33. The summed E-state index contributed by atoms with van der Waals surface area (Å²) >= 11 is 0. The Morgan fingerprint density at radius 3 is 2.52 bits per heavy atom. The minimum atomic E-state index is -4.58. The number of hydrogen-bond donors (Lipinski definition) is 1. The molecule has 1 fully saturated rings. The molecule has 0 saturated heterocycles. The van der Waals surface area contributed by atoms with Crippen LogP contribution in [0, 0.1) is 0 Å². The number of halogens is 3. The van der Waals surface area contributed by atoms with Crippen LogP contribution in [0.1, 0.15) is 25.7 Å². The molecular formula is C21H19F3N6O. The van der Waals surface area contributed by atoms with Crippen LogP contribution in [0.15, 0.2) is 49.1 Å². The van der Waals surface area contributed by atoms with Gasteiger partial charge >= 0.3 is 6.36 Å². The molecule has 4 aromatic rings. The lowest BCUT2D eigenvalue weighted by molar-refractivity contribution is -0.345. The average Bonchev–Trinajstić information content (AvgIpc) is 3.17. The van der Waals surface area contributed by atoms with Gasteiger partial charge < -0.3 is 5.32 Å². The summed E-state index contributed by atoms with van der Waals surface area (Å²) in [6.45, 7) is 0. The Kier molecular flexibility index (Phi) is 4.93. The van der Waals surface area contributed by atoms with Crippen molar-refractivity contribution in [3.05, 3.63) is 49.1 Å². The van der Waals surface area contributed by atoms with Crippen molar-refractivity contribution in [3.63, 3.8) is 0 Å². The van der Waals surface area contributed by atoms with Crippen molar-refractivity contribution in [3.8, 4) is 11.1 Å². The monoisotopic (exact) mass is 428 g/mol. The Balaban J connectivity index is 1.30. The van der Waals surface area contributed by atoms with E-state index in [0.29, 0.717) is 31.6 Å². The van der Waals surface area contributed by atoms with Crippen LogP contribution in [0.25, 0.3) is 27.7 Å². The number of anilines is 1. The maximum atomic E-state index is 12.4. The molecule has 3 aromatic heterocycles. The standard InChI is InChI=1S/C21H19F3N6O/c22-21(23,24)31-15-4-2-14(3-5-15)28-20-27-12-19-16(7-10-30(19)29-20)13-1-6-17-18(11-13)26-9-8-25-17/h1,6-12,14-15H,2-5H2,(H,28,29). The Morgan fingerprint density at radius 1 is 0.968 bits per heavy atom. The van der Waals surface area contributed by atoms with Crippen molar-refractivity contribution in [2.75, 3.05) is 5.32 Å². The van der Waals surface area contributed by atoms with E-state index < -0.39 is 12.5 Å². The van der Waals surface area contributed by atoms with Crippen LogP contribution in [0.3, 0.4) is 0 Å². The molecule has 0 unspecified atom stereocenters. The summed E-state index contributed by atoms with van der Waals surface area (Å²) < 4.78 is 43.0. The number of fused-ring (bicyclic) bond motifs is 2. The molecule has 7 nitrogen and oxygen atoms in total. The van der Waals surface area contributed by atoms with Gasteiger partial charge in [-0.2, -0.15) is 0 Å². The topological polar surface area (TPSA) is 77.2 Å². The van der Waals surface area contributed by atoms with Crippen molar-refractivity contribution in [1.82, 2.24) is 24.6 Å². The summed E-state index contributed by atoms with van der Waals surface area (Å²) in [4.78, 5) is 13.1. The molecule has 31 heavy (non-hydrogen) atoms. The number of alkyl halides is 3. The van der Waals surface area contributed by atoms with Gasteiger partial charge in [-0.25, -0.2) is 9.50 Å². The largest absolute Gasteiger partial charge is 0.522 e. The van der Waals surface area contributed by atoms with Crippen LogP contribution in [0.4, 0.5) is 19.1 Å². The lowest BCUT2D eigenvalue weighted by atomic mass is 9.93. The summed E-state index contributed by atoms with van der Waals surface area (Å²) in [6.07, 6.45) is 3.38. The molecule has 0 aliphatic heterocycles. The average molecular weight is 428 g/mol. The Labute approximate surface area is 175 Å². The summed E-state index contributed by atoms with van der Waals surface area (Å²) in [7, 11) is 0. The van der Waals surface area contributed by atoms with Crippen molar-refractivity contribution < 1.29 is 17.9 Å². The summed E-state index contributed by atoms with van der Waals surface area (Å²) in [5.74, 6) is 0.444. The number of nitrogens with one attached hydrogen (secondary N) is 1. The molecule has 1 N–H and O–H groups in total. The zero-order valence-electron chi connectivity index (χ0n) is 16.4. The van der Waals surface area contributed by atoms with Gasteiger partial charge in [-0.1, -0.05) is 6.07 Å². The molecule has 0 atom stereocenters. The number of benzene rings is 1. The summed E-state index contributed by atoms with van der Waals surface area (Å²) in [6, 6.07) is 7.87. The zero-order chi connectivity index (χ0) is 21.4. The van der Waals surface area contributed by atoms with Crippen LogP contribution in [0.5, 0.6) is 0 Å². The van der Waals surface area contributed by atoms with E-state index in [1.54, 1.807) is 23.1 Å². The first kappa shape index (κ1) is 19.7. The molecular weight excluding hydrogens is 409 g/mol. The van der Waals surface area contributed by atoms with Gasteiger partial charge in [-0.05, 0) is 49.4 Å². The number of rotatable bonds is 4. The van der Waals surface area contributed by atoms with E-state index in [0.717, 1.165) is 27.7 Å². The van der Waals surface area contributed by atoms with E-state index in [1.165, 1.54) is 0 Å². The highest BCUT2D eigenvalue weighted by atomic mass is 19.4. The van der Waals surface area contributed by atoms with Crippen molar-refractivity contribution >= 4 is 22.5 Å². The SMILES string of the molecule is FC(F)(F)OC1CCC(Nc2ncc3c(-c4ccc5nccnc5c4)ccn3n2)CC1.